The van der Waals surface area contributed by atoms with E-state index in [1.807, 2.05) is 0 Å². The lowest BCUT2D eigenvalue weighted by Gasteiger charge is -2.01. The number of thiophene rings is 1. The highest BCUT2D eigenvalue weighted by Gasteiger charge is 2.23. The van der Waals surface area contributed by atoms with E-state index in [1.54, 1.807) is 12.1 Å². The quantitative estimate of drug-likeness (QED) is 0.399. The number of nitrogen functional groups attached to an aromatic ring is 2. The van der Waals surface area contributed by atoms with Crippen molar-refractivity contribution in [3.05, 3.63) is 77.3 Å². The summed E-state index contributed by atoms with van der Waals surface area (Å²) in [5.74, 6) is 0. The summed E-state index contributed by atoms with van der Waals surface area (Å²) >= 11 is 0.854. The summed E-state index contributed by atoms with van der Waals surface area (Å²) in [6.07, 6.45) is 0. The van der Waals surface area contributed by atoms with Crippen molar-refractivity contribution in [3.63, 3.8) is 0 Å². The van der Waals surface area contributed by atoms with Gasteiger partial charge in [0.15, 0.2) is 10.9 Å². The summed E-state index contributed by atoms with van der Waals surface area (Å²) in [5, 5.41) is 0.503. The molecule has 4 N–H and O–H groups in total. The average Bonchev–Trinajstić information content (AvgIpc) is 3.05. The summed E-state index contributed by atoms with van der Waals surface area (Å²) in [4.78, 5) is 52.1. The third kappa shape index (κ3) is 1.78. The van der Waals surface area contributed by atoms with E-state index < -0.39 is 21.7 Å². The molecule has 0 bridgehead atoms. The SMILES string of the molecule is Nc1cccc2c(=O)c3c(sc4c(=O)c5c(N)cccc5c(=O)c43)c(=O)c12. The first-order valence-electron chi connectivity index (χ1n) is 8.04. The number of benzene rings is 4. The number of hydrogen-bond donors (Lipinski definition) is 2. The molecule has 0 radical (unpaired) electrons. The fourth-order valence-corrected chi connectivity index (χ4v) is 4.89. The second kappa shape index (κ2) is 4.99. The molecule has 0 aliphatic heterocycles. The van der Waals surface area contributed by atoms with E-state index in [1.165, 1.54) is 24.3 Å². The van der Waals surface area contributed by atoms with Gasteiger partial charge in [0.25, 0.3) is 0 Å². The first-order chi connectivity index (χ1) is 12.9. The number of rotatable bonds is 0. The van der Waals surface area contributed by atoms with Crippen LogP contribution in [0.5, 0.6) is 0 Å². The highest BCUT2D eigenvalue weighted by Crippen LogP contribution is 2.30. The van der Waals surface area contributed by atoms with Gasteiger partial charge in [-0.15, -0.1) is 11.3 Å². The van der Waals surface area contributed by atoms with Gasteiger partial charge in [0.1, 0.15) is 0 Å². The van der Waals surface area contributed by atoms with E-state index in [-0.39, 0.29) is 53.1 Å². The highest BCUT2D eigenvalue weighted by molar-refractivity contribution is 7.25. The lowest BCUT2D eigenvalue weighted by molar-refractivity contribution is 1.67. The van der Waals surface area contributed by atoms with E-state index in [0.717, 1.165) is 11.3 Å². The van der Waals surface area contributed by atoms with Crippen molar-refractivity contribution in [2.75, 3.05) is 11.5 Å². The Kier molecular flexibility index (Phi) is 2.89. The Balaban J connectivity index is 2.25. The van der Waals surface area contributed by atoms with Gasteiger partial charge in [-0.05, 0) is 12.1 Å². The van der Waals surface area contributed by atoms with Gasteiger partial charge in [0.2, 0.25) is 10.9 Å². The molecule has 0 amide bonds. The maximum absolute atomic E-state index is 13.1. The lowest BCUT2D eigenvalue weighted by atomic mass is 10.0. The van der Waals surface area contributed by atoms with Gasteiger partial charge in [-0.1, -0.05) is 24.3 Å². The van der Waals surface area contributed by atoms with Crippen LogP contribution in [-0.4, -0.2) is 0 Å². The second-order valence-corrected chi connectivity index (χ2v) is 7.39. The second-order valence-electron chi connectivity index (χ2n) is 6.37. The first-order valence-corrected chi connectivity index (χ1v) is 8.86. The van der Waals surface area contributed by atoms with Crippen molar-refractivity contribution in [3.8, 4) is 0 Å². The van der Waals surface area contributed by atoms with Crippen molar-refractivity contribution in [2.24, 2.45) is 0 Å². The first kappa shape index (κ1) is 15.7. The molecule has 1 aromatic heterocycles. The van der Waals surface area contributed by atoms with Gasteiger partial charge in [-0.3, -0.25) is 19.2 Å². The van der Waals surface area contributed by atoms with Gasteiger partial charge in [0, 0.05) is 22.1 Å². The average molecular weight is 374 g/mol. The molecule has 5 aromatic rings. The molecule has 7 heteroatoms. The summed E-state index contributed by atoms with van der Waals surface area (Å²) in [5.41, 5.74) is 10.3. The van der Waals surface area contributed by atoms with Crippen LogP contribution in [0.3, 0.4) is 0 Å². The maximum Gasteiger partial charge on any atom is 0.206 e. The molecule has 27 heavy (non-hydrogen) atoms. The zero-order valence-electron chi connectivity index (χ0n) is 13.7. The van der Waals surface area contributed by atoms with Gasteiger partial charge >= 0.3 is 0 Å². The number of anilines is 2. The Morgan fingerprint density at radius 1 is 0.556 bits per heavy atom. The lowest BCUT2D eigenvalue weighted by Crippen LogP contribution is -2.16. The number of hydrogen-bond acceptors (Lipinski definition) is 7. The Bertz CT molecular complexity index is 1550. The standard InChI is InChI=1S/C20H10N2O4S/c21-9-5-1-3-7-11(9)17(25)19-13(15(7)23)14-16(24)8-4-2-6-10(22)12(8)18(26)20(14)27-19/h1-6H,21-22H2. The Morgan fingerprint density at radius 2 is 0.963 bits per heavy atom. The van der Waals surface area contributed by atoms with Gasteiger partial charge in [-0.2, -0.15) is 0 Å². The molecule has 0 aliphatic rings. The molecule has 0 atom stereocenters. The molecule has 6 nitrogen and oxygen atoms in total. The van der Waals surface area contributed by atoms with Crippen LogP contribution in [0, 0.1) is 0 Å². The van der Waals surface area contributed by atoms with Crippen LogP contribution in [0.15, 0.2) is 55.6 Å². The van der Waals surface area contributed by atoms with E-state index in [4.69, 9.17) is 11.5 Å². The Hall–Kier alpha value is -3.58. The Morgan fingerprint density at radius 3 is 1.37 bits per heavy atom. The van der Waals surface area contributed by atoms with Crippen LogP contribution in [-0.2, 0) is 0 Å². The third-order valence-corrected chi connectivity index (χ3v) is 6.10. The molecule has 4 aromatic carbocycles. The minimum Gasteiger partial charge on any atom is -0.398 e. The molecule has 130 valence electrons. The zero-order chi connectivity index (χ0) is 19.0. The molecule has 0 saturated carbocycles. The topological polar surface area (TPSA) is 120 Å². The largest absolute Gasteiger partial charge is 0.398 e. The van der Waals surface area contributed by atoms with E-state index in [9.17, 15) is 19.2 Å². The van der Waals surface area contributed by atoms with Crippen LogP contribution in [0.1, 0.15) is 0 Å². The molecule has 1 heterocycles. The summed E-state index contributed by atoms with van der Waals surface area (Å²) < 4.78 is 0.145. The number of fused-ring (bicyclic) bond motifs is 5. The molecule has 0 unspecified atom stereocenters. The minimum atomic E-state index is -0.474. The molecule has 0 aliphatic carbocycles. The number of nitrogens with two attached hydrogens (primary N) is 2. The van der Waals surface area contributed by atoms with Gasteiger partial charge in [0.05, 0.1) is 30.9 Å². The van der Waals surface area contributed by atoms with Crippen LogP contribution >= 0.6 is 11.3 Å². The summed E-state index contributed by atoms with van der Waals surface area (Å²) in [6, 6.07) is 9.23. The molecular weight excluding hydrogens is 364 g/mol. The van der Waals surface area contributed by atoms with E-state index >= 15 is 0 Å². The molecule has 5 rings (SSSR count). The minimum absolute atomic E-state index is 0.00970. The van der Waals surface area contributed by atoms with Crippen LogP contribution < -0.4 is 33.2 Å². The third-order valence-electron chi connectivity index (χ3n) is 4.91. The predicted molar refractivity (Wildman–Crippen MR) is 111 cm³/mol. The molecule has 0 fully saturated rings. The fraction of sp³-hybridized carbons (Fsp3) is 0. The molecule has 0 spiro atoms. The van der Waals surface area contributed by atoms with Crippen LogP contribution in [0.25, 0.3) is 41.7 Å². The normalized spacial score (nSPS) is 11.9. The van der Waals surface area contributed by atoms with Gasteiger partial charge in [-0.25, -0.2) is 0 Å². The van der Waals surface area contributed by atoms with Crippen molar-refractivity contribution in [1.29, 1.82) is 0 Å². The van der Waals surface area contributed by atoms with Crippen molar-refractivity contribution >= 4 is 64.4 Å². The monoisotopic (exact) mass is 374 g/mol. The van der Waals surface area contributed by atoms with Crippen molar-refractivity contribution in [1.82, 2.24) is 0 Å². The predicted octanol–water partition coefficient (Wildman–Crippen LogP) is 1.84. The van der Waals surface area contributed by atoms with Crippen LogP contribution in [0.4, 0.5) is 11.4 Å². The summed E-state index contributed by atoms with van der Waals surface area (Å²) in [7, 11) is 0. The van der Waals surface area contributed by atoms with Gasteiger partial charge < -0.3 is 11.5 Å². The van der Waals surface area contributed by atoms with Crippen molar-refractivity contribution in [2.45, 2.75) is 0 Å². The molecule has 0 saturated heterocycles. The smallest absolute Gasteiger partial charge is 0.206 e. The van der Waals surface area contributed by atoms with Crippen LogP contribution in [0.2, 0.25) is 0 Å². The van der Waals surface area contributed by atoms with E-state index in [2.05, 4.69) is 0 Å². The van der Waals surface area contributed by atoms with Crippen molar-refractivity contribution < 1.29 is 0 Å². The zero-order valence-corrected chi connectivity index (χ0v) is 14.5. The van der Waals surface area contributed by atoms with E-state index in [0.29, 0.717) is 0 Å². The Labute approximate surface area is 153 Å². The summed E-state index contributed by atoms with van der Waals surface area (Å²) in [6.45, 7) is 0. The fourth-order valence-electron chi connectivity index (χ4n) is 3.71. The molecular formula is C20H10N2O4S. The highest BCUT2D eigenvalue weighted by atomic mass is 32.1. The maximum atomic E-state index is 13.1.